The molecule has 2 N–H and O–H groups in total. The van der Waals surface area contributed by atoms with Gasteiger partial charge in [0.15, 0.2) is 0 Å². The van der Waals surface area contributed by atoms with Crippen molar-refractivity contribution in [2.45, 2.75) is 56.5 Å². The van der Waals surface area contributed by atoms with Crippen LogP contribution in [0.15, 0.2) is 48.6 Å². The van der Waals surface area contributed by atoms with Crippen molar-refractivity contribution in [2.24, 2.45) is 5.41 Å². The molecule has 0 radical (unpaired) electrons. The molecule has 3 amide bonds. The number of carbonyl (C=O) groups is 3. The second-order valence-electron chi connectivity index (χ2n) is 10.7. The summed E-state index contributed by atoms with van der Waals surface area (Å²) >= 11 is 12.1. The van der Waals surface area contributed by atoms with Crippen molar-refractivity contribution in [1.82, 2.24) is 15.5 Å². The molecule has 0 aromatic heterocycles. The number of nitrogens with one attached hydrogen (secondary N) is 2. The SMILES string of the molecule is CN(C(=O)c1cc(C(F)(F)F)cc(C(F)(F)F)c1)[C@@H](/C=C/C(=O)NC1CC12CCCCNC2=O)Cc1ccc(Cl)c(Cl)c1. The minimum absolute atomic E-state index is 0.0101. The number of nitrogens with zero attached hydrogens (tertiary/aromatic N) is 1. The molecule has 1 spiro atoms. The summed E-state index contributed by atoms with van der Waals surface area (Å²) in [4.78, 5) is 39.6. The highest BCUT2D eigenvalue weighted by Gasteiger charge is 2.60. The summed E-state index contributed by atoms with van der Waals surface area (Å²) in [6.45, 7) is 0.564. The van der Waals surface area contributed by atoms with Crippen molar-refractivity contribution in [1.29, 1.82) is 0 Å². The molecule has 2 aliphatic rings. The molecule has 43 heavy (non-hydrogen) atoms. The normalized spacial score (nSPS) is 21.3. The Morgan fingerprint density at radius 1 is 1.05 bits per heavy atom. The van der Waals surface area contributed by atoms with Gasteiger partial charge in [0.25, 0.3) is 5.91 Å². The van der Waals surface area contributed by atoms with Crippen molar-refractivity contribution in [3.05, 3.63) is 80.8 Å². The van der Waals surface area contributed by atoms with Crippen LogP contribution in [0.2, 0.25) is 10.0 Å². The molecule has 1 heterocycles. The molecule has 1 saturated heterocycles. The number of rotatable bonds is 7. The standard InChI is InChI=1S/C29H27Cl2F6N3O3/c1-40(25(42)17-12-18(28(32,33)34)14-19(13-17)29(35,36)37)20(10-16-4-6-21(30)22(31)11-16)5-7-24(41)39-23-15-27(23)8-2-3-9-38-26(27)43/h4-7,11-14,20,23H,2-3,8-10,15H2,1H3,(H,38,43)(H,39,41)/b7-5+/t20-,23?,27?/m0/s1. The smallest absolute Gasteiger partial charge is 0.356 e. The Labute approximate surface area is 253 Å². The number of benzene rings is 2. The Morgan fingerprint density at radius 3 is 2.30 bits per heavy atom. The lowest BCUT2D eigenvalue weighted by molar-refractivity contribution is -0.143. The van der Waals surface area contributed by atoms with Gasteiger partial charge in [-0.05, 0) is 61.6 Å². The van der Waals surface area contributed by atoms with Crippen LogP contribution in [0.25, 0.3) is 0 Å². The Kier molecular flexibility index (Phi) is 9.41. The van der Waals surface area contributed by atoms with Gasteiger partial charge in [-0.1, -0.05) is 41.8 Å². The molecule has 1 aliphatic heterocycles. The monoisotopic (exact) mass is 649 g/mol. The van der Waals surface area contributed by atoms with E-state index in [9.17, 15) is 40.7 Å². The molecule has 2 unspecified atom stereocenters. The molecule has 0 bridgehead atoms. The lowest BCUT2D eigenvalue weighted by Crippen LogP contribution is -2.39. The fourth-order valence-corrected chi connectivity index (χ4v) is 5.49. The van der Waals surface area contributed by atoms with Crippen molar-refractivity contribution < 1.29 is 40.7 Å². The van der Waals surface area contributed by atoms with E-state index in [-0.39, 0.29) is 34.5 Å². The number of hydrogen-bond donors (Lipinski definition) is 2. The van der Waals surface area contributed by atoms with Crippen LogP contribution in [0.4, 0.5) is 26.3 Å². The zero-order valence-corrected chi connectivity index (χ0v) is 24.2. The molecule has 4 rings (SSSR count). The van der Waals surface area contributed by atoms with Crippen molar-refractivity contribution >= 4 is 40.9 Å². The van der Waals surface area contributed by atoms with Crippen molar-refractivity contribution in [3.63, 3.8) is 0 Å². The van der Waals surface area contributed by atoms with Gasteiger partial charge in [0.2, 0.25) is 11.8 Å². The summed E-state index contributed by atoms with van der Waals surface area (Å²) in [5.41, 5.74) is -4.24. The average Bonchev–Trinajstić information content (AvgIpc) is 3.66. The largest absolute Gasteiger partial charge is 0.416 e. The molecule has 6 nitrogen and oxygen atoms in total. The fourth-order valence-electron chi connectivity index (χ4n) is 5.17. The first kappa shape index (κ1) is 32.7. The maximum Gasteiger partial charge on any atom is 0.416 e. The van der Waals surface area contributed by atoms with E-state index in [0.717, 1.165) is 23.8 Å². The summed E-state index contributed by atoms with van der Waals surface area (Å²) in [6.07, 6.45) is -5.09. The minimum atomic E-state index is -5.14. The van der Waals surface area contributed by atoms with Crippen LogP contribution in [0.1, 0.15) is 52.7 Å². The van der Waals surface area contributed by atoms with Gasteiger partial charge < -0.3 is 15.5 Å². The summed E-state index contributed by atoms with van der Waals surface area (Å²) in [5.74, 6) is -1.83. The number of halogens is 8. The lowest BCUT2D eigenvalue weighted by Gasteiger charge is -2.27. The van der Waals surface area contributed by atoms with Crippen LogP contribution in [0, 0.1) is 5.41 Å². The van der Waals surface area contributed by atoms with Gasteiger partial charge in [0, 0.05) is 31.3 Å². The first-order chi connectivity index (χ1) is 20.0. The number of likely N-dealkylation sites (N-methyl/N-ethyl adjacent to an activating group) is 1. The van der Waals surface area contributed by atoms with Crippen LogP contribution in [0.3, 0.4) is 0 Å². The number of alkyl halides is 6. The van der Waals surface area contributed by atoms with E-state index in [2.05, 4.69) is 10.6 Å². The van der Waals surface area contributed by atoms with E-state index in [1.165, 1.54) is 25.3 Å². The zero-order chi connectivity index (χ0) is 31.7. The maximum absolute atomic E-state index is 13.4. The Hall–Kier alpha value is -3.25. The Bertz CT molecular complexity index is 1410. The third-order valence-corrected chi connectivity index (χ3v) is 8.47. The molecule has 1 saturated carbocycles. The number of hydrogen-bond acceptors (Lipinski definition) is 3. The van der Waals surface area contributed by atoms with E-state index in [0.29, 0.717) is 37.1 Å². The fraction of sp³-hybridized carbons (Fsp3) is 0.414. The van der Waals surface area contributed by atoms with Crippen LogP contribution < -0.4 is 10.6 Å². The van der Waals surface area contributed by atoms with E-state index in [4.69, 9.17) is 23.2 Å². The van der Waals surface area contributed by atoms with Gasteiger partial charge in [-0.25, -0.2) is 0 Å². The molecule has 2 fully saturated rings. The first-order valence-electron chi connectivity index (χ1n) is 13.3. The molecule has 2 aromatic carbocycles. The van der Waals surface area contributed by atoms with E-state index in [1.54, 1.807) is 6.07 Å². The number of amides is 3. The third kappa shape index (κ3) is 7.64. The van der Waals surface area contributed by atoms with E-state index < -0.39 is 52.3 Å². The van der Waals surface area contributed by atoms with E-state index in [1.807, 2.05) is 0 Å². The second kappa shape index (κ2) is 12.4. The highest BCUT2D eigenvalue weighted by molar-refractivity contribution is 6.42. The third-order valence-electron chi connectivity index (χ3n) is 7.73. The van der Waals surface area contributed by atoms with Gasteiger partial charge >= 0.3 is 12.4 Å². The highest BCUT2D eigenvalue weighted by atomic mass is 35.5. The van der Waals surface area contributed by atoms with Gasteiger partial charge in [-0.2, -0.15) is 26.3 Å². The molecule has 14 heteroatoms. The second-order valence-corrected chi connectivity index (χ2v) is 11.5. The molecule has 3 atom stereocenters. The average molecular weight is 650 g/mol. The topological polar surface area (TPSA) is 78.5 Å². The van der Waals surface area contributed by atoms with Crippen LogP contribution >= 0.6 is 23.2 Å². The summed E-state index contributed by atoms with van der Waals surface area (Å²) in [7, 11) is 1.20. The van der Waals surface area contributed by atoms with Gasteiger partial charge in [0.05, 0.1) is 32.6 Å². The molecular weight excluding hydrogens is 623 g/mol. The minimum Gasteiger partial charge on any atom is -0.356 e. The van der Waals surface area contributed by atoms with Gasteiger partial charge in [0.1, 0.15) is 0 Å². The summed E-state index contributed by atoms with van der Waals surface area (Å²) in [5, 5.41) is 6.04. The predicted molar refractivity (Wildman–Crippen MR) is 147 cm³/mol. The maximum atomic E-state index is 13.4. The Balaban J connectivity index is 1.60. The van der Waals surface area contributed by atoms with E-state index >= 15 is 0 Å². The zero-order valence-electron chi connectivity index (χ0n) is 22.7. The molecule has 2 aromatic rings. The predicted octanol–water partition coefficient (Wildman–Crippen LogP) is 6.45. The molecule has 1 aliphatic carbocycles. The van der Waals surface area contributed by atoms with Crippen LogP contribution in [0.5, 0.6) is 0 Å². The van der Waals surface area contributed by atoms with Gasteiger partial charge in [-0.3, -0.25) is 14.4 Å². The summed E-state index contributed by atoms with van der Waals surface area (Å²) in [6, 6.07) is 3.81. The highest BCUT2D eigenvalue weighted by Crippen LogP contribution is 2.51. The van der Waals surface area contributed by atoms with Crippen molar-refractivity contribution in [2.75, 3.05) is 13.6 Å². The first-order valence-corrected chi connectivity index (χ1v) is 14.0. The Morgan fingerprint density at radius 2 is 1.70 bits per heavy atom. The number of carbonyl (C=O) groups excluding carboxylic acids is 3. The lowest BCUT2D eigenvalue weighted by atomic mass is 9.98. The quantitative estimate of drug-likeness (QED) is 0.268. The molecular formula is C29H27Cl2F6N3O3. The van der Waals surface area contributed by atoms with Crippen LogP contribution in [-0.2, 0) is 28.4 Å². The van der Waals surface area contributed by atoms with Gasteiger partial charge in [-0.15, -0.1) is 0 Å². The van der Waals surface area contributed by atoms with Crippen molar-refractivity contribution in [3.8, 4) is 0 Å². The van der Waals surface area contributed by atoms with Crippen LogP contribution in [-0.4, -0.2) is 48.3 Å². The summed E-state index contributed by atoms with van der Waals surface area (Å²) < 4.78 is 80.5. The molecule has 232 valence electrons.